The fourth-order valence-corrected chi connectivity index (χ4v) is 14.5. The number of piperazine rings is 2. The van der Waals surface area contributed by atoms with Gasteiger partial charge in [-0.1, -0.05) is 94.4 Å². The van der Waals surface area contributed by atoms with E-state index in [2.05, 4.69) is 54.8 Å². The fraction of sp³-hybridized carbons (Fsp3) is 0.471. The highest BCUT2D eigenvalue weighted by Crippen LogP contribution is 2.63. The number of hydrogen-bond acceptors (Lipinski definition) is 10. The predicted octanol–water partition coefficient (Wildman–Crippen LogP) is 4.95. The summed E-state index contributed by atoms with van der Waals surface area (Å²) in [6.45, 7) is 7.60. The Morgan fingerprint density at radius 3 is 1.47 bits per heavy atom. The molecule has 2 aromatic carbocycles. The summed E-state index contributed by atoms with van der Waals surface area (Å²) in [5.74, 6) is -0.765. The number of esters is 1. The molecule has 47 heavy (non-hydrogen) atoms. The SMILES string of the molecule is C=C1N(C)[C@@]2(Cc3ccc(CCc4ccc(C[C@@]56SS[C@@](COC(C)=O)(C(=O)N5C)N(C)C6=O)cc4)cc3)SS[C@]1(CC)N(C)C2=O. The zero-order chi connectivity index (χ0) is 33.9. The molecule has 0 radical (unpaired) electrons. The van der Waals surface area contributed by atoms with Gasteiger partial charge in [-0.3, -0.25) is 19.2 Å². The Bertz CT molecular complexity index is 1640. The van der Waals surface area contributed by atoms with Crippen LogP contribution < -0.4 is 0 Å². The first-order chi connectivity index (χ1) is 22.3. The van der Waals surface area contributed by atoms with Crippen LogP contribution in [0, 0.1) is 0 Å². The van der Waals surface area contributed by atoms with Crippen LogP contribution in [-0.2, 0) is 49.6 Å². The number of benzene rings is 2. The van der Waals surface area contributed by atoms with Crippen LogP contribution in [0.25, 0.3) is 0 Å². The molecule has 9 nitrogen and oxygen atoms in total. The number of carbonyl (C=O) groups excluding carboxylic acids is 4. The van der Waals surface area contributed by atoms with Crippen molar-refractivity contribution in [1.82, 2.24) is 19.6 Å². The van der Waals surface area contributed by atoms with Crippen molar-refractivity contribution in [1.29, 1.82) is 0 Å². The molecule has 8 rings (SSSR count). The average molecular weight is 713 g/mol. The van der Waals surface area contributed by atoms with Crippen LogP contribution in [0.2, 0.25) is 0 Å². The Morgan fingerprint density at radius 1 is 0.638 bits per heavy atom. The van der Waals surface area contributed by atoms with Gasteiger partial charge < -0.3 is 24.3 Å². The van der Waals surface area contributed by atoms with Gasteiger partial charge in [-0.05, 0) is 52.3 Å². The number of fused-ring (bicyclic) bond motifs is 6. The van der Waals surface area contributed by atoms with E-state index < -0.39 is 20.6 Å². The minimum absolute atomic E-state index is 0.136. The lowest BCUT2D eigenvalue weighted by Gasteiger charge is -2.62. The molecule has 6 fully saturated rings. The van der Waals surface area contributed by atoms with E-state index in [9.17, 15) is 19.2 Å². The van der Waals surface area contributed by atoms with Gasteiger partial charge in [0.15, 0.2) is 9.74 Å². The van der Waals surface area contributed by atoms with Crippen molar-refractivity contribution < 1.29 is 23.9 Å². The van der Waals surface area contributed by atoms with Crippen LogP contribution in [0.3, 0.4) is 0 Å². The average Bonchev–Trinajstić information content (AvgIpc) is 3.07. The highest BCUT2D eigenvalue weighted by Gasteiger charge is 2.68. The van der Waals surface area contributed by atoms with Crippen LogP contribution in [0.4, 0.5) is 0 Å². The van der Waals surface area contributed by atoms with Gasteiger partial charge in [-0.25, -0.2) is 0 Å². The third-order valence-electron chi connectivity index (χ3n) is 10.2. The van der Waals surface area contributed by atoms with Crippen molar-refractivity contribution >= 4 is 66.9 Å². The minimum atomic E-state index is -1.25. The molecule has 4 atom stereocenters. The largest absolute Gasteiger partial charge is 0.462 e. The summed E-state index contributed by atoms with van der Waals surface area (Å²) in [6.07, 6.45) is 3.53. The number of carbonyl (C=O) groups is 4. The highest BCUT2D eigenvalue weighted by molar-refractivity contribution is 8.78. The summed E-state index contributed by atoms with van der Waals surface area (Å²) in [7, 11) is 13.3. The molecule has 0 saturated carbocycles. The summed E-state index contributed by atoms with van der Waals surface area (Å²) < 4.78 is 5.19. The first-order valence-electron chi connectivity index (χ1n) is 15.6. The van der Waals surface area contributed by atoms with E-state index in [1.807, 2.05) is 31.1 Å². The van der Waals surface area contributed by atoms with Crippen LogP contribution in [0.5, 0.6) is 0 Å². The van der Waals surface area contributed by atoms with Crippen LogP contribution in [0.15, 0.2) is 60.8 Å². The van der Waals surface area contributed by atoms with Gasteiger partial charge in [-0.15, -0.1) is 0 Å². The lowest BCUT2D eigenvalue weighted by atomic mass is 9.94. The van der Waals surface area contributed by atoms with E-state index in [1.165, 1.54) is 49.4 Å². The van der Waals surface area contributed by atoms with Crippen molar-refractivity contribution in [3.8, 4) is 0 Å². The van der Waals surface area contributed by atoms with Gasteiger partial charge in [-0.2, -0.15) is 0 Å². The first kappa shape index (κ1) is 34.1. The molecule has 6 aliphatic heterocycles. The van der Waals surface area contributed by atoms with E-state index in [4.69, 9.17) is 4.74 Å². The zero-order valence-electron chi connectivity index (χ0n) is 27.5. The summed E-state index contributed by atoms with van der Waals surface area (Å²) in [6, 6.07) is 16.8. The smallest absolute Gasteiger partial charge is 0.302 e. The van der Waals surface area contributed by atoms with E-state index in [-0.39, 0.29) is 29.2 Å². The molecule has 6 aliphatic rings. The number of nitrogens with zero attached hydrogens (tertiary/aromatic N) is 4. The second-order valence-electron chi connectivity index (χ2n) is 12.7. The number of ether oxygens (including phenoxy) is 1. The van der Waals surface area contributed by atoms with Crippen molar-refractivity contribution in [3.05, 3.63) is 83.1 Å². The third kappa shape index (κ3) is 5.18. The Morgan fingerprint density at radius 2 is 1.00 bits per heavy atom. The molecule has 0 N–H and O–H groups in total. The maximum Gasteiger partial charge on any atom is 0.302 e. The summed E-state index contributed by atoms with van der Waals surface area (Å²) in [5, 5.41) is 0. The molecule has 0 aliphatic carbocycles. The van der Waals surface area contributed by atoms with Gasteiger partial charge in [0.2, 0.25) is 4.87 Å². The maximum absolute atomic E-state index is 13.6. The normalized spacial score (nSPS) is 30.1. The summed E-state index contributed by atoms with van der Waals surface area (Å²) in [5.41, 5.74) is 5.47. The molecule has 2 aromatic rings. The molecular formula is C34H40N4O5S4. The molecule has 6 saturated heterocycles. The van der Waals surface area contributed by atoms with Crippen LogP contribution in [-0.4, -0.2) is 97.6 Å². The molecule has 0 unspecified atom stereocenters. The van der Waals surface area contributed by atoms with Crippen molar-refractivity contribution in [3.63, 3.8) is 0 Å². The van der Waals surface area contributed by atoms with E-state index >= 15 is 0 Å². The Kier molecular flexibility index (Phi) is 8.93. The molecule has 4 bridgehead atoms. The predicted molar refractivity (Wildman–Crippen MR) is 191 cm³/mol. The third-order valence-corrected chi connectivity index (χ3v) is 17.8. The lowest BCUT2D eigenvalue weighted by Crippen LogP contribution is -2.77. The molecular weight excluding hydrogens is 673 g/mol. The van der Waals surface area contributed by atoms with Crippen molar-refractivity contribution in [2.75, 3.05) is 34.8 Å². The van der Waals surface area contributed by atoms with Gasteiger partial charge in [0.25, 0.3) is 17.7 Å². The molecule has 13 heteroatoms. The van der Waals surface area contributed by atoms with E-state index in [0.717, 1.165) is 36.1 Å². The standard InChI is InChI=1S/C34H40N4O5S4/c1-8-31-22(2)35(4)32(45-44-31,28(40)36(31)5)19-26-15-11-24(12-16-26)9-10-25-13-17-27(18-14-25)20-33-29(41)38(7)34(47-46-33,21-43-23(3)39)30(42)37(33)6/h11-18H,2,8-10,19-21H2,1,3-7H3/t31-,32-,33-,34-/m0/s1. The molecule has 0 aromatic heterocycles. The topological polar surface area (TPSA) is 90.5 Å². The Hall–Kier alpha value is -2.74. The summed E-state index contributed by atoms with van der Waals surface area (Å²) in [4.78, 5) is 55.7. The van der Waals surface area contributed by atoms with E-state index in [0.29, 0.717) is 12.8 Å². The number of hydrogen-bond donors (Lipinski definition) is 0. The molecule has 250 valence electrons. The quantitative estimate of drug-likeness (QED) is 0.249. The van der Waals surface area contributed by atoms with Crippen molar-refractivity contribution in [2.24, 2.45) is 0 Å². The fourth-order valence-electron chi connectivity index (χ4n) is 6.86. The second-order valence-corrected chi connectivity index (χ2v) is 18.1. The van der Waals surface area contributed by atoms with Gasteiger partial charge in [0.05, 0.1) is 0 Å². The number of rotatable bonds is 10. The van der Waals surface area contributed by atoms with Crippen LogP contribution in [0.1, 0.15) is 42.5 Å². The maximum atomic E-state index is 13.6. The second kappa shape index (κ2) is 12.3. The van der Waals surface area contributed by atoms with Gasteiger partial charge in [0.1, 0.15) is 11.5 Å². The molecule has 3 amide bonds. The number of likely N-dealkylation sites (N-methyl/N-ethyl adjacent to an activating group) is 4. The molecule has 0 spiro atoms. The zero-order valence-corrected chi connectivity index (χ0v) is 30.8. The number of aryl methyl sites for hydroxylation is 2. The Balaban J connectivity index is 1.08. The lowest BCUT2D eigenvalue weighted by molar-refractivity contribution is -0.168. The minimum Gasteiger partial charge on any atom is -0.462 e. The number of amides is 3. The van der Waals surface area contributed by atoms with Gasteiger partial charge >= 0.3 is 5.97 Å². The first-order valence-corrected chi connectivity index (χ1v) is 19.9. The van der Waals surface area contributed by atoms with Crippen molar-refractivity contribution in [2.45, 2.75) is 65.4 Å². The van der Waals surface area contributed by atoms with E-state index in [1.54, 1.807) is 35.7 Å². The summed E-state index contributed by atoms with van der Waals surface area (Å²) >= 11 is 0. The van der Waals surface area contributed by atoms with Gasteiger partial charge in [0, 0.05) is 53.7 Å². The Labute approximate surface area is 292 Å². The monoisotopic (exact) mass is 712 g/mol. The highest BCUT2D eigenvalue weighted by atomic mass is 33.1. The van der Waals surface area contributed by atoms with Crippen LogP contribution >= 0.6 is 43.2 Å². The molecule has 6 heterocycles.